The maximum absolute atomic E-state index is 3.76. The zero-order chi connectivity index (χ0) is 11.7. The predicted molar refractivity (Wildman–Crippen MR) is 70.8 cm³/mol. The summed E-state index contributed by atoms with van der Waals surface area (Å²) in [7, 11) is 0. The van der Waals surface area contributed by atoms with Crippen molar-refractivity contribution < 1.29 is 0 Å². The molecule has 0 unspecified atom stereocenters. The minimum Gasteiger partial charge on any atom is -0.0856 e. The number of rotatable bonds is 6. The van der Waals surface area contributed by atoms with Gasteiger partial charge in [0.1, 0.15) is 0 Å². The lowest BCUT2D eigenvalue weighted by atomic mass is 10.1. The van der Waals surface area contributed by atoms with Gasteiger partial charge in [-0.15, -0.1) is 0 Å². The van der Waals surface area contributed by atoms with E-state index in [2.05, 4.69) is 46.8 Å². The molecule has 0 rings (SSSR count). The SMILES string of the molecule is [CH2]/C=C(\C)CC/C=C(/C)CCC=C(C)C. The first-order valence-electron chi connectivity index (χ1n) is 5.80. The minimum atomic E-state index is 1.14. The van der Waals surface area contributed by atoms with Gasteiger partial charge >= 0.3 is 0 Å². The fourth-order valence-electron chi connectivity index (χ4n) is 1.34. The Labute approximate surface area is 95.8 Å². The molecule has 15 heavy (non-hydrogen) atoms. The third kappa shape index (κ3) is 9.52. The van der Waals surface area contributed by atoms with Crippen molar-refractivity contribution in [2.45, 2.75) is 53.4 Å². The summed E-state index contributed by atoms with van der Waals surface area (Å²) in [4.78, 5) is 0. The smallest absolute Gasteiger partial charge is 0.0288 e. The van der Waals surface area contributed by atoms with Crippen molar-refractivity contribution in [2.24, 2.45) is 0 Å². The number of hydrogen-bond acceptors (Lipinski definition) is 0. The van der Waals surface area contributed by atoms with Crippen LogP contribution < -0.4 is 0 Å². The molecule has 0 aromatic heterocycles. The van der Waals surface area contributed by atoms with Crippen LogP contribution in [0.3, 0.4) is 0 Å². The molecule has 0 saturated carbocycles. The molecule has 0 aromatic carbocycles. The number of hydrogen-bond donors (Lipinski definition) is 0. The van der Waals surface area contributed by atoms with E-state index in [1.807, 2.05) is 6.08 Å². The Morgan fingerprint density at radius 1 is 0.867 bits per heavy atom. The molecule has 0 saturated heterocycles. The molecular formula is C15H25. The van der Waals surface area contributed by atoms with E-state index in [4.69, 9.17) is 0 Å². The molecule has 0 heterocycles. The second-order valence-corrected chi connectivity index (χ2v) is 4.46. The summed E-state index contributed by atoms with van der Waals surface area (Å²) in [6.45, 7) is 12.4. The zero-order valence-electron chi connectivity index (χ0n) is 10.8. The normalized spacial score (nSPS) is 12.9. The lowest BCUT2D eigenvalue weighted by Gasteiger charge is -2.00. The largest absolute Gasteiger partial charge is 0.0856 e. The van der Waals surface area contributed by atoms with Crippen LogP contribution in [0.15, 0.2) is 34.9 Å². The van der Waals surface area contributed by atoms with E-state index >= 15 is 0 Å². The van der Waals surface area contributed by atoms with Crippen LogP contribution in [-0.2, 0) is 0 Å². The molecule has 0 aliphatic rings. The van der Waals surface area contributed by atoms with Gasteiger partial charge in [0.05, 0.1) is 0 Å². The van der Waals surface area contributed by atoms with Gasteiger partial charge in [0.25, 0.3) is 0 Å². The van der Waals surface area contributed by atoms with Gasteiger partial charge in [-0.05, 0) is 60.3 Å². The van der Waals surface area contributed by atoms with E-state index in [0.29, 0.717) is 0 Å². The van der Waals surface area contributed by atoms with Crippen LogP contribution in [0.25, 0.3) is 0 Å². The minimum absolute atomic E-state index is 1.14. The average Bonchev–Trinajstić information content (AvgIpc) is 2.17. The van der Waals surface area contributed by atoms with Crippen LogP contribution in [-0.4, -0.2) is 0 Å². The molecule has 0 atom stereocenters. The molecule has 0 fully saturated rings. The van der Waals surface area contributed by atoms with Crippen molar-refractivity contribution in [3.05, 3.63) is 41.9 Å². The Morgan fingerprint density at radius 3 is 1.93 bits per heavy atom. The summed E-state index contributed by atoms with van der Waals surface area (Å²) in [5, 5.41) is 0. The molecule has 0 bridgehead atoms. The summed E-state index contributed by atoms with van der Waals surface area (Å²) in [6.07, 6.45) is 11.3. The highest BCUT2D eigenvalue weighted by molar-refractivity contribution is 5.05. The van der Waals surface area contributed by atoms with Crippen LogP contribution >= 0.6 is 0 Å². The fraction of sp³-hybridized carbons (Fsp3) is 0.533. The lowest BCUT2D eigenvalue weighted by molar-refractivity contribution is 0.918. The van der Waals surface area contributed by atoms with Crippen LogP contribution in [0.5, 0.6) is 0 Å². The van der Waals surface area contributed by atoms with Gasteiger partial charge in [-0.25, -0.2) is 0 Å². The monoisotopic (exact) mass is 205 g/mol. The van der Waals surface area contributed by atoms with Crippen molar-refractivity contribution in [3.8, 4) is 0 Å². The van der Waals surface area contributed by atoms with Crippen molar-refractivity contribution in [3.63, 3.8) is 0 Å². The second kappa shape index (κ2) is 8.52. The van der Waals surface area contributed by atoms with Gasteiger partial charge in [-0.3, -0.25) is 0 Å². The van der Waals surface area contributed by atoms with E-state index in [1.54, 1.807) is 0 Å². The molecule has 0 aliphatic heterocycles. The van der Waals surface area contributed by atoms with Crippen LogP contribution in [0.2, 0.25) is 0 Å². The maximum atomic E-state index is 3.76. The van der Waals surface area contributed by atoms with Crippen molar-refractivity contribution >= 4 is 0 Å². The molecule has 0 aliphatic carbocycles. The van der Waals surface area contributed by atoms with Crippen molar-refractivity contribution in [1.29, 1.82) is 0 Å². The fourth-order valence-corrected chi connectivity index (χ4v) is 1.34. The Kier molecular flexibility index (Phi) is 8.08. The molecular weight excluding hydrogens is 180 g/mol. The number of allylic oxidation sites excluding steroid dienone is 6. The average molecular weight is 205 g/mol. The zero-order valence-corrected chi connectivity index (χ0v) is 10.8. The van der Waals surface area contributed by atoms with E-state index in [9.17, 15) is 0 Å². The lowest BCUT2D eigenvalue weighted by Crippen LogP contribution is -1.80. The van der Waals surface area contributed by atoms with Gasteiger partial charge in [0, 0.05) is 0 Å². The van der Waals surface area contributed by atoms with Crippen LogP contribution in [0.4, 0.5) is 0 Å². The summed E-state index contributed by atoms with van der Waals surface area (Å²) in [5.74, 6) is 0. The summed E-state index contributed by atoms with van der Waals surface area (Å²) in [6, 6.07) is 0. The third-order valence-electron chi connectivity index (χ3n) is 2.47. The third-order valence-corrected chi connectivity index (χ3v) is 2.47. The van der Waals surface area contributed by atoms with Crippen molar-refractivity contribution in [1.82, 2.24) is 0 Å². The van der Waals surface area contributed by atoms with Gasteiger partial charge in [-0.2, -0.15) is 0 Å². The molecule has 0 aromatic rings. The van der Waals surface area contributed by atoms with E-state index < -0.39 is 0 Å². The van der Waals surface area contributed by atoms with E-state index in [0.717, 1.165) is 12.8 Å². The molecule has 1 radical (unpaired) electrons. The van der Waals surface area contributed by atoms with Crippen LogP contribution in [0, 0.1) is 6.92 Å². The first-order valence-corrected chi connectivity index (χ1v) is 5.80. The highest BCUT2D eigenvalue weighted by atomic mass is 14.0. The summed E-state index contributed by atoms with van der Waals surface area (Å²) < 4.78 is 0. The highest BCUT2D eigenvalue weighted by Gasteiger charge is 1.90. The molecule has 85 valence electrons. The van der Waals surface area contributed by atoms with E-state index in [1.165, 1.54) is 29.6 Å². The Hall–Kier alpha value is -0.780. The maximum Gasteiger partial charge on any atom is -0.0288 e. The topological polar surface area (TPSA) is 0 Å². The second-order valence-electron chi connectivity index (χ2n) is 4.46. The quantitative estimate of drug-likeness (QED) is 0.520. The molecule has 0 spiro atoms. The summed E-state index contributed by atoms with van der Waals surface area (Å²) >= 11 is 0. The Balaban J connectivity index is 3.75. The van der Waals surface area contributed by atoms with Crippen molar-refractivity contribution in [2.75, 3.05) is 0 Å². The summed E-state index contributed by atoms with van der Waals surface area (Å²) in [5.41, 5.74) is 4.30. The predicted octanol–water partition coefficient (Wildman–Crippen LogP) is 5.24. The molecule has 0 heteroatoms. The van der Waals surface area contributed by atoms with Crippen LogP contribution in [0.1, 0.15) is 53.4 Å². The van der Waals surface area contributed by atoms with E-state index in [-0.39, 0.29) is 0 Å². The Morgan fingerprint density at radius 2 is 1.40 bits per heavy atom. The Bertz CT molecular complexity index is 247. The first-order chi connectivity index (χ1) is 7.06. The molecule has 0 amide bonds. The van der Waals surface area contributed by atoms with Gasteiger partial charge in [0.15, 0.2) is 0 Å². The molecule has 0 N–H and O–H groups in total. The van der Waals surface area contributed by atoms with Gasteiger partial charge < -0.3 is 0 Å². The van der Waals surface area contributed by atoms with Gasteiger partial charge in [-0.1, -0.05) is 34.9 Å². The first kappa shape index (κ1) is 14.2. The molecule has 0 nitrogen and oxygen atoms in total. The van der Waals surface area contributed by atoms with Gasteiger partial charge in [0.2, 0.25) is 0 Å². The standard InChI is InChI=1S/C15H25/c1-6-14(4)10-8-12-15(5)11-7-9-13(2)3/h6,9,12H,1,7-8,10-11H2,2-5H3/b14-6+,15-12-. The highest BCUT2D eigenvalue weighted by Crippen LogP contribution is 2.10.